The molecule has 1 saturated carbocycles. The lowest BCUT2D eigenvalue weighted by atomic mass is 9.94. The molecule has 0 spiro atoms. The summed E-state index contributed by atoms with van der Waals surface area (Å²) in [5.41, 5.74) is 4.79. The second kappa shape index (κ2) is 9.05. The van der Waals surface area contributed by atoms with E-state index in [0.29, 0.717) is 11.7 Å². The number of nitrogens with zero attached hydrogens (tertiary/aromatic N) is 2. The van der Waals surface area contributed by atoms with E-state index in [1.807, 2.05) is 61.2 Å². The van der Waals surface area contributed by atoms with Gasteiger partial charge >= 0.3 is 6.03 Å². The molecule has 0 radical (unpaired) electrons. The number of anilines is 1. The van der Waals surface area contributed by atoms with Crippen molar-refractivity contribution in [1.29, 1.82) is 0 Å². The second-order valence-corrected chi connectivity index (χ2v) is 8.61. The number of para-hydroxylation sites is 2. The Kier molecular flexibility index (Phi) is 6.24. The zero-order valence-corrected chi connectivity index (χ0v) is 18.4. The van der Waals surface area contributed by atoms with E-state index in [2.05, 4.69) is 16.4 Å². The highest BCUT2D eigenvalue weighted by Gasteiger charge is 2.27. The maximum atomic E-state index is 13.4. The van der Waals surface area contributed by atoms with E-state index in [4.69, 9.17) is 11.6 Å². The zero-order valence-electron chi connectivity index (χ0n) is 17.6. The van der Waals surface area contributed by atoms with Crippen LogP contribution < -0.4 is 5.32 Å². The molecule has 3 aromatic rings. The third kappa shape index (κ3) is 4.44. The number of urea groups is 1. The van der Waals surface area contributed by atoms with Gasteiger partial charge in [0.2, 0.25) is 0 Å². The lowest BCUT2D eigenvalue weighted by molar-refractivity contribution is 0.162. The average Bonchev–Trinajstić information content (AvgIpc) is 2.75. The molecule has 1 fully saturated rings. The van der Waals surface area contributed by atoms with Gasteiger partial charge in [-0.15, -0.1) is 0 Å². The molecule has 0 atom stereocenters. The number of amides is 2. The predicted molar refractivity (Wildman–Crippen MR) is 124 cm³/mol. The molecule has 1 N–H and O–H groups in total. The molecule has 156 valence electrons. The van der Waals surface area contributed by atoms with Gasteiger partial charge in [0.1, 0.15) is 5.15 Å². The minimum Gasteiger partial charge on any atom is -0.317 e. The maximum Gasteiger partial charge on any atom is 0.322 e. The first-order chi connectivity index (χ1) is 14.5. The Balaban J connectivity index is 1.64. The van der Waals surface area contributed by atoms with Crippen molar-refractivity contribution in [2.45, 2.75) is 58.5 Å². The Morgan fingerprint density at radius 2 is 1.77 bits per heavy atom. The van der Waals surface area contributed by atoms with Crippen molar-refractivity contribution in [1.82, 2.24) is 9.88 Å². The van der Waals surface area contributed by atoms with Gasteiger partial charge in [0, 0.05) is 22.7 Å². The Hall–Kier alpha value is -2.59. The number of hydrogen-bond acceptors (Lipinski definition) is 2. The van der Waals surface area contributed by atoms with Crippen molar-refractivity contribution in [2.75, 3.05) is 5.32 Å². The van der Waals surface area contributed by atoms with Crippen LogP contribution in [0.15, 0.2) is 48.5 Å². The average molecular weight is 422 g/mol. The topological polar surface area (TPSA) is 45.2 Å². The van der Waals surface area contributed by atoms with Crippen LogP contribution in [0.5, 0.6) is 0 Å². The summed E-state index contributed by atoms with van der Waals surface area (Å²) in [6, 6.07) is 16.2. The van der Waals surface area contributed by atoms with E-state index in [-0.39, 0.29) is 12.1 Å². The van der Waals surface area contributed by atoms with Crippen LogP contribution in [0.2, 0.25) is 5.15 Å². The van der Waals surface area contributed by atoms with Crippen molar-refractivity contribution in [3.8, 4) is 0 Å². The molecule has 1 heterocycles. The normalized spacial score (nSPS) is 14.6. The quantitative estimate of drug-likeness (QED) is 0.467. The number of rotatable bonds is 4. The van der Waals surface area contributed by atoms with Gasteiger partial charge < -0.3 is 10.2 Å². The maximum absolute atomic E-state index is 13.4. The van der Waals surface area contributed by atoms with Gasteiger partial charge in [-0.25, -0.2) is 9.78 Å². The van der Waals surface area contributed by atoms with Gasteiger partial charge in [0.25, 0.3) is 0 Å². The number of carbonyl (C=O) groups excluding carboxylic acids is 1. The molecule has 1 aromatic heterocycles. The van der Waals surface area contributed by atoms with Gasteiger partial charge in [-0.05, 0) is 49.9 Å². The van der Waals surface area contributed by atoms with Gasteiger partial charge in [-0.3, -0.25) is 0 Å². The first-order valence-corrected chi connectivity index (χ1v) is 11.1. The lowest BCUT2D eigenvalue weighted by Gasteiger charge is -2.35. The smallest absolute Gasteiger partial charge is 0.317 e. The molecule has 30 heavy (non-hydrogen) atoms. The first kappa shape index (κ1) is 20.7. The molecular formula is C25H28ClN3O. The Bertz CT molecular complexity index is 1040. The van der Waals surface area contributed by atoms with E-state index in [0.717, 1.165) is 59.0 Å². The van der Waals surface area contributed by atoms with E-state index < -0.39 is 0 Å². The summed E-state index contributed by atoms with van der Waals surface area (Å²) in [6.07, 6.45) is 5.60. The monoisotopic (exact) mass is 421 g/mol. The zero-order chi connectivity index (χ0) is 21.1. The van der Waals surface area contributed by atoms with E-state index in [9.17, 15) is 4.79 Å². The minimum absolute atomic E-state index is 0.0662. The number of pyridine rings is 1. The SMILES string of the molecule is Cc1cccc(C)c1NC(=O)N(Cc1cc2ccccc2nc1Cl)C1CCCCC1. The molecule has 1 aliphatic carbocycles. The summed E-state index contributed by atoms with van der Waals surface area (Å²) < 4.78 is 0. The summed E-state index contributed by atoms with van der Waals surface area (Å²) in [5, 5.41) is 4.68. The third-order valence-corrected chi connectivity index (χ3v) is 6.41. The van der Waals surface area contributed by atoms with Crippen molar-refractivity contribution in [3.63, 3.8) is 0 Å². The molecular weight excluding hydrogens is 394 g/mol. The molecule has 4 rings (SSSR count). The van der Waals surface area contributed by atoms with Crippen molar-refractivity contribution in [2.24, 2.45) is 0 Å². The molecule has 0 saturated heterocycles. The number of halogens is 1. The van der Waals surface area contributed by atoms with Crippen molar-refractivity contribution >= 4 is 34.2 Å². The lowest BCUT2D eigenvalue weighted by Crippen LogP contribution is -2.43. The number of carbonyl (C=O) groups is 1. The highest BCUT2D eigenvalue weighted by molar-refractivity contribution is 6.30. The summed E-state index contributed by atoms with van der Waals surface area (Å²) in [7, 11) is 0. The van der Waals surface area contributed by atoms with E-state index in [1.54, 1.807) is 0 Å². The number of aryl methyl sites for hydroxylation is 2. The highest BCUT2D eigenvalue weighted by atomic mass is 35.5. The molecule has 0 bridgehead atoms. The molecule has 0 unspecified atom stereocenters. The summed E-state index contributed by atoms with van der Waals surface area (Å²) in [5.74, 6) is 0. The summed E-state index contributed by atoms with van der Waals surface area (Å²) in [4.78, 5) is 20.0. The third-order valence-electron chi connectivity index (χ3n) is 6.08. The van der Waals surface area contributed by atoms with Gasteiger partial charge in [0.15, 0.2) is 0 Å². The van der Waals surface area contributed by atoms with Crippen LogP contribution in [0.25, 0.3) is 10.9 Å². The molecule has 2 aromatic carbocycles. The fourth-order valence-corrected chi connectivity index (χ4v) is 4.59. The van der Waals surface area contributed by atoms with Gasteiger partial charge in [0.05, 0.1) is 12.1 Å². The van der Waals surface area contributed by atoms with E-state index in [1.165, 1.54) is 6.42 Å². The van der Waals surface area contributed by atoms with Gasteiger partial charge in [-0.2, -0.15) is 0 Å². The Labute approximate surface area is 183 Å². The largest absolute Gasteiger partial charge is 0.322 e. The second-order valence-electron chi connectivity index (χ2n) is 8.25. The molecule has 2 amide bonds. The molecule has 0 aliphatic heterocycles. The van der Waals surface area contributed by atoms with Crippen LogP contribution in [0.3, 0.4) is 0 Å². The van der Waals surface area contributed by atoms with Crippen LogP contribution in [0.4, 0.5) is 10.5 Å². The van der Waals surface area contributed by atoms with Crippen LogP contribution in [-0.4, -0.2) is 22.0 Å². The number of aromatic nitrogens is 1. The highest BCUT2D eigenvalue weighted by Crippen LogP contribution is 2.29. The first-order valence-electron chi connectivity index (χ1n) is 10.7. The van der Waals surface area contributed by atoms with Crippen LogP contribution in [0.1, 0.15) is 48.8 Å². The number of nitrogens with one attached hydrogen (secondary N) is 1. The standard InChI is InChI=1S/C25H28ClN3O/c1-17-9-8-10-18(2)23(17)28-25(30)29(21-12-4-3-5-13-21)16-20-15-19-11-6-7-14-22(19)27-24(20)26/h6-11,14-15,21H,3-5,12-13,16H2,1-2H3,(H,28,30). The van der Waals surface area contributed by atoms with Crippen LogP contribution in [-0.2, 0) is 6.54 Å². The van der Waals surface area contributed by atoms with Crippen LogP contribution in [0, 0.1) is 13.8 Å². The van der Waals surface area contributed by atoms with Gasteiger partial charge in [-0.1, -0.05) is 67.3 Å². The minimum atomic E-state index is -0.0662. The molecule has 5 heteroatoms. The summed E-state index contributed by atoms with van der Waals surface area (Å²) >= 11 is 6.53. The van der Waals surface area contributed by atoms with Crippen molar-refractivity contribution in [3.05, 3.63) is 70.4 Å². The number of benzene rings is 2. The molecule has 1 aliphatic rings. The fraction of sp³-hybridized carbons (Fsp3) is 0.360. The predicted octanol–water partition coefficient (Wildman–Crippen LogP) is 6.87. The van der Waals surface area contributed by atoms with Crippen molar-refractivity contribution < 1.29 is 4.79 Å². The fourth-order valence-electron chi connectivity index (χ4n) is 4.38. The number of hydrogen-bond donors (Lipinski definition) is 1. The van der Waals surface area contributed by atoms with E-state index >= 15 is 0 Å². The Morgan fingerprint density at radius 1 is 1.07 bits per heavy atom. The summed E-state index contributed by atoms with van der Waals surface area (Å²) in [6.45, 7) is 4.51. The number of fused-ring (bicyclic) bond motifs is 1. The molecule has 4 nitrogen and oxygen atoms in total. The van der Waals surface area contributed by atoms with Crippen LogP contribution >= 0.6 is 11.6 Å². The Morgan fingerprint density at radius 3 is 2.50 bits per heavy atom.